The van der Waals surface area contributed by atoms with Gasteiger partial charge in [-0.05, 0) is 77.2 Å². The smallest absolute Gasteiger partial charge is 0.328 e. The van der Waals surface area contributed by atoms with Gasteiger partial charge in [0.05, 0.1) is 6.04 Å². The Bertz CT molecular complexity index is 1170. The largest absolute Gasteiger partial charge is 0.381 e. The molecule has 236 valence electrons. The van der Waals surface area contributed by atoms with Gasteiger partial charge in [0.1, 0.15) is 5.54 Å². The van der Waals surface area contributed by atoms with Crippen molar-refractivity contribution in [3.05, 3.63) is 35.9 Å². The second kappa shape index (κ2) is 12.1. The molecule has 1 N–H and O–H groups in total. The molecule has 8 nitrogen and oxygen atoms in total. The number of carbonyl (C=O) groups is 3. The number of imide groups is 1. The number of benzene rings is 1. The molecule has 5 fully saturated rings. The molecule has 4 aliphatic heterocycles. The molecule has 0 radical (unpaired) electrons. The number of piperidine rings is 1. The van der Waals surface area contributed by atoms with Gasteiger partial charge in [-0.3, -0.25) is 19.4 Å². The van der Waals surface area contributed by atoms with E-state index in [0.29, 0.717) is 45.3 Å². The van der Waals surface area contributed by atoms with E-state index in [1.807, 2.05) is 49.1 Å². The van der Waals surface area contributed by atoms with Gasteiger partial charge in [0.2, 0.25) is 11.8 Å². The molecule has 2 unspecified atom stereocenters. The number of alkyl halides is 2. The lowest BCUT2D eigenvalue weighted by Gasteiger charge is -2.48. The van der Waals surface area contributed by atoms with Crippen molar-refractivity contribution >= 4 is 17.8 Å². The van der Waals surface area contributed by atoms with Gasteiger partial charge >= 0.3 is 6.03 Å². The Hall–Kier alpha value is -2.59. The van der Waals surface area contributed by atoms with Crippen molar-refractivity contribution in [2.24, 2.45) is 5.92 Å². The predicted octanol–water partition coefficient (Wildman–Crippen LogP) is 5.28. The number of urea groups is 1. The first-order chi connectivity index (χ1) is 20.6. The van der Waals surface area contributed by atoms with E-state index >= 15 is 0 Å². The first-order valence-corrected chi connectivity index (χ1v) is 16.3. The van der Waals surface area contributed by atoms with Crippen LogP contribution in [0.5, 0.6) is 0 Å². The van der Waals surface area contributed by atoms with E-state index in [1.54, 1.807) is 4.90 Å². The van der Waals surface area contributed by atoms with Gasteiger partial charge in [-0.25, -0.2) is 13.6 Å². The molecule has 4 saturated heterocycles. The summed E-state index contributed by atoms with van der Waals surface area (Å²) in [5.74, 6) is -3.22. The number of hydrogen-bond acceptors (Lipinski definition) is 5. The van der Waals surface area contributed by atoms with Crippen LogP contribution in [0.1, 0.15) is 96.1 Å². The zero-order valence-electron chi connectivity index (χ0n) is 25.5. The van der Waals surface area contributed by atoms with E-state index in [9.17, 15) is 23.2 Å². The Labute approximate surface area is 253 Å². The molecule has 0 aromatic heterocycles. The topological polar surface area (TPSA) is 82.2 Å². The number of amides is 4. The highest BCUT2D eigenvalue weighted by Gasteiger charge is 2.64. The van der Waals surface area contributed by atoms with E-state index in [2.05, 4.69) is 10.2 Å². The summed E-state index contributed by atoms with van der Waals surface area (Å²) in [4.78, 5) is 47.2. The molecular weight excluding hydrogens is 554 g/mol. The summed E-state index contributed by atoms with van der Waals surface area (Å²) in [5, 5.41) is 3.21. The number of carbonyl (C=O) groups excluding carboxylic acids is 3. The molecule has 1 spiro atoms. The van der Waals surface area contributed by atoms with E-state index in [0.717, 1.165) is 24.9 Å². The first-order valence-electron chi connectivity index (χ1n) is 16.3. The van der Waals surface area contributed by atoms with Gasteiger partial charge in [-0.1, -0.05) is 30.3 Å². The standard InChI is InChI=1S/C33H46F2N4O4/c1-22(2)39-31(42)38(25-13-18-43-19-14-25)30(41)32(39)20-26-8-9-27(21-32)37(26)17-12-28(23-6-4-3-5-7-23)36-29(40)24-10-15-33(34,35)16-11-24/h3-7,22,24-28H,8-21H2,1-2H3,(H,36,40)/t26?,27?,28-,32?/m0/s1. The number of rotatable bonds is 8. The van der Waals surface area contributed by atoms with Crippen LogP contribution >= 0.6 is 0 Å². The highest BCUT2D eigenvalue weighted by Crippen LogP contribution is 2.49. The molecule has 1 aliphatic carbocycles. The van der Waals surface area contributed by atoms with Gasteiger partial charge in [-0.15, -0.1) is 0 Å². The van der Waals surface area contributed by atoms with E-state index in [-0.39, 0.29) is 79.7 Å². The Morgan fingerprint density at radius 3 is 2.19 bits per heavy atom. The third-order valence-corrected chi connectivity index (χ3v) is 10.8. The molecule has 1 saturated carbocycles. The van der Waals surface area contributed by atoms with Crippen molar-refractivity contribution in [1.29, 1.82) is 0 Å². The summed E-state index contributed by atoms with van der Waals surface area (Å²) >= 11 is 0. The maximum Gasteiger partial charge on any atom is 0.328 e. The van der Waals surface area contributed by atoms with Crippen LogP contribution in [0.25, 0.3) is 0 Å². The second-order valence-electron chi connectivity index (χ2n) is 13.7. The Morgan fingerprint density at radius 1 is 0.953 bits per heavy atom. The Morgan fingerprint density at radius 2 is 1.58 bits per heavy atom. The normalized spacial score (nSPS) is 30.9. The minimum absolute atomic E-state index is 0.0258. The highest BCUT2D eigenvalue weighted by molar-refractivity contribution is 6.07. The van der Waals surface area contributed by atoms with Crippen LogP contribution in [0.4, 0.5) is 13.6 Å². The fourth-order valence-corrected chi connectivity index (χ4v) is 8.62. The van der Waals surface area contributed by atoms with Crippen molar-refractivity contribution < 1.29 is 27.9 Å². The van der Waals surface area contributed by atoms with Gasteiger partial charge < -0.3 is 15.0 Å². The van der Waals surface area contributed by atoms with Crippen LogP contribution in [-0.4, -0.2) is 87.9 Å². The molecule has 3 atom stereocenters. The van der Waals surface area contributed by atoms with Crippen LogP contribution in [-0.2, 0) is 14.3 Å². The average Bonchev–Trinajstić information content (AvgIpc) is 3.35. The van der Waals surface area contributed by atoms with E-state index < -0.39 is 11.5 Å². The second-order valence-corrected chi connectivity index (χ2v) is 13.7. The third-order valence-electron chi connectivity index (χ3n) is 10.8. The number of nitrogens with one attached hydrogen (secondary N) is 1. The lowest BCUT2D eigenvalue weighted by molar-refractivity contribution is -0.140. The maximum atomic E-state index is 14.2. The van der Waals surface area contributed by atoms with Gasteiger partial charge in [0, 0.05) is 62.7 Å². The number of hydrogen-bond donors (Lipinski definition) is 1. The molecule has 4 amide bonds. The van der Waals surface area contributed by atoms with Crippen molar-refractivity contribution in [1.82, 2.24) is 20.0 Å². The lowest BCUT2D eigenvalue weighted by Crippen LogP contribution is -2.62. The lowest BCUT2D eigenvalue weighted by atomic mass is 9.80. The van der Waals surface area contributed by atoms with Crippen LogP contribution in [0.3, 0.4) is 0 Å². The maximum absolute atomic E-state index is 14.2. The first kappa shape index (κ1) is 30.4. The van der Waals surface area contributed by atoms with Crippen LogP contribution < -0.4 is 5.32 Å². The molecule has 43 heavy (non-hydrogen) atoms. The number of halogens is 2. The number of fused-ring (bicyclic) bond motifs is 2. The summed E-state index contributed by atoms with van der Waals surface area (Å²) in [6.45, 7) is 5.91. The Kier molecular flexibility index (Phi) is 8.54. The summed E-state index contributed by atoms with van der Waals surface area (Å²) in [5.41, 5.74) is 0.203. The SMILES string of the molecule is CC(C)N1C(=O)N(C2CCOCC2)C(=O)C12CC1CCC(C2)N1CC[C@H](NC(=O)C1CCC(F)(F)CC1)c1ccccc1. The fourth-order valence-electron chi connectivity index (χ4n) is 8.62. The van der Waals surface area contributed by atoms with Crippen molar-refractivity contribution in [3.63, 3.8) is 0 Å². The highest BCUT2D eigenvalue weighted by atomic mass is 19.3. The van der Waals surface area contributed by atoms with Gasteiger partial charge in [0.25, 0.3) is 5.91 Å². The summed E-state index contributed by atoms with van der Waals surface area (Å²) < 4.78 is 33.0. The fraction of sp³-hybridized carbons (Fsp3) is 0.727. The molecule has 1 aromatic rings. The molecular formula is C33H46F2N4O4. The monoisotopic (exact) mass is 600 g/mol. The number of ether oxygens (including phenoxy) is 1. The van der Waals surface area contributed by atoms with Gasteiger partial charge in [-0.2, -0.15) is 0 Å². The molecule has 1 aromatic carbocycles. The predicted molar refractivity (Wildman–Crippen MR) is 157 cm³/mol. The zero-order chi connectivity index (χ0) is 30.4. The van der Waals surface area contributed by atoms with E-state index in [1.165, 1.54) is 0 Å². The third kappa shape index (κ3) is 5.81. The molecule has 6 rings (SSSR count). The summed E-state index contributed by atoms with van der Waals surface area (Å²) in [6.07, 6.45) is 5.24. The van der Waals surface area contributed by atoms with E-state index in [4.69, 9.17) is 4.74 Å². The number of nitrogens with zero attached hydrogens (tertiary/aromatic N) is 3. The van der Waals surface area contributed by atoms with Crippen LogP contribution in [0.15, 0.2) is 30.3 Å². The molecule has 4 heterocycles. The van der Waals surface area contributed by atoms with Crippen molar-refractivity contribution in [2.45, 2.75) is 126 Å². The minimum Gasteiger partial charge on any atom is -0.381 e. The van der Waals surface area contributed by atoms with Gasteiger partial charge in [0.15, 0.2) is 0 Å². The summed E-state index contributed by atoms with van der Waals surface area (Å²) in [6, 6.07) is 9.68. The molecule has 2 bridgehead atoms. The quantitative estimate of drug-likeness (QED) is 0.411. The van der Waals surface area contributed by atoms with Crippen molar-refractivity contribution in [3.8, 4) is 0 Å². The summed E-state index contributed by atoms with van der Waals surface area (Å²) in [7, 11) is 0. The average molecular weight is 601 g/mol. The Balaban J connectivity index is 1.16. The van der Waals surface area contributed by atoms with Crippen molar-refractivity contribution in [2.75, 3.05) is 19.8 Å². The molecule has 5 aliphatic rings. The molecule has 10 heteroatoms. The van der Waals surface area contributed by atoms with Crippen LogP contribution in [0, 0.1) is 5.92 Å². The minimum atomic E-state index is -2.67. The van der Waals surface area contributed by atoms with Crippen LogP contribution in [0.2, 0.25) is 0 Å². The zero-order valence-corrected chi connectivity index (χ0v) is 25.5.